The Morgan fingerprint density at radius 1 is 1.33 bits per heavy atom. The molecule has 0 atom stereocenters. The predicted molar refractivity (Wildman–Crippen MR) is 103 cm³/mol. The zero-order valence-corrected chi connectivity index (χ0v) is 15.8. The first kappa shape index (κ1) is 16.8. The van der Waals surface area contributed by atoms with E-state index in [2.05, 4.69) is 56.7 Å². The summed E-state index contributed by atoms with van der Waals surface area (Å²) in [6.07, 6.45) is 3.70. The summed E-state index contributed by atoms with van der Waals surface area (Å²) in [6.45, 7) is 4.03. The van der Waals surface area contributed by atoms with Crippen LogP contribution in [0.25, 0.3) is 11.8 Å². The Labute approximate surface area is 155 Å². The average Bonchev–Trinajstić information content (AvgIpc) is 3.32. The van der Waals surface area contributed by atoms with Crippen LogP contribution in [0.3, 0.4) is 0 Å². The number of halogens is 1. The number of nitriles is 1. The monoisotopic (exact) mass is 431 g/mol. The van der Waals surface area contributed by atoms with Gasteiger partial charge in [-0.15, -0.1) is 0 Å². The second kappa shape index (κ2) is 6.81. The van der Waals surface area contributed by atoms with E-state index >= 15 is 0 Å². The number of nitrogens with zero attached hydrogens (tertiary/aromatic N) is 2. The molecule has 3 rings (SSSR count). The number of hydrogen-bond acceptors (Lipinski definition) is 2. The number of aromatic nitrogens is 1. The molecule has 1 aliphatic rings. The minimum atomic E-state index is -0.279. The zero-order chi connectivity index (χ0) is 17.3. The van der Waals surface area contributed by atoms with Gasteiger partial charge in [0.05, 0.1) is 0 Å². The van der Waals surface area contributed by atoms with Gasteiger partial charge in [-0.1, -0.05) is 0 Å². The summed E-state index contributed by atoms with van der Waals surface area (Å²) in [5.41, 5.74) is 4.21. The fraction of sp³-hybridized carbons (Fsp3) is 0.263. The normalized spacial score (nSPS) is 14.3. The fourth-order valence-electron chi connectivity index (χ4n) is 2.72. The summed E-state index contributed by atoms with van der Waals surface area (Å²) < 4.78 is 3.32. The van der Waals surface area contributed by atoms with Gasteiger partial charge in [0.25, 0.3) is 5.91 Å². The lowest BCUT2D eigenvalue weighted by Gasteiger charge is -2.09. The molecular weight excluding hydrogens is 413 g/mol. The maximum atomic E-state index is 12.1. The molecular formula is C19H18IN3O. The Morgan fingerprint density at radius 3 is 2.58 bits per heavy atom. The summed E-state index contributed by atoms with van der Waals surface area (Å²) in [5, 5.41) is 12.2. The highest BCUT2D eigenvalue weighted by molar-refractivity contribution is 14.1. The van der Waals surface area contributed by atoms with Crippen LogP contribution in [0, 0.1) is 28.7 Å². The number of aryl methyl sites for hydroxylation is 1. The first-order valence-electron chi connectivity index (χ1n) is 7.87. The second-order valence-corrected chi connectivity index (χ2v) is 7.30. The van der Waals surface area contributed by atoms with Gasteiger partial charge < -0.3 is 9.88 Å². The van der Waals surface area contributed by atoms with Crippen molar-refractivity contribution in [2.45, 2.75) is 32.7 Å². The average molecular weight is 431 g/mol. The van der Waals surface area contributed by atoms with E-state index in [0.29, 0.717) is 0 Å². The van der Waals surface area contributed by atoms with Crippen molar-refractivity contribution in [3.8, 4) is 11.8 Å². The van der Waals surface area contributed by atoms with Crippen molar-refractivity contribution < 1.29 is 4.79 Å². The number of rotatable bonds is 4. The van der Waals surface area contributed by atoms with Gasteiger partial charge in [-0.25, -0.2) is 0 Å². The van der Waals surface area contributed by atoms with Crippen molar-refractivity contribution in [1.29, 1.82) is 5.26 Å². The lowest BCUT2D eigenvalue weighted by molar-refractivity contribution is -0.117. The third kappa shape index (κ3) is 3.54. The van der Waals surface area contributed by atoms with E-state index in [-0.39, 0.29) is 17.5 Å². The van der Waals surface area contributed by atoms with E-state index in [1.165, 1.54) is 3.57 Å². The van der Waals surface area contributed by atoms with Crippen LogP contribution >= 0.6 is 22.6 Å². The molecule has 0 unspecified atom stereocenters. The van der Waals surface area contributed by atoms with Crippen LogP contribution in [-0.2, 0) is 4.79 Å². The Balaban J connectivity index is 1.95. The molecule has 0 saturated heterocycles. The maximum absolute atomic E-state index is 12.1. The lowest BCUT2D eigenvalue weighted by atomic mass is 10.1. The van der Waals surface area contributed by atoms with Gasteiger partial charge in [-0.2, -0.15) is 5.26 Å². The van der Waals surface area contributed by atoms with Crippen molar-refractivity contribution in [2.24, 2.45) is 0 Å². The molecule has 0 spiro atoms. The standard InChI is InChI=1S/C19H18IN3O/c1-12-9-14(10-15(11-21)19(24)22-17-5-6-17)13(2)23(12)18-7-3-16(20)4-8-18/h3-4,7-10,17H,5-6H2,1-2H3,(H,22,24)/b15-10+. The number of benzene rings is 1. The van der Waals surface area contributed by atoms with Crippen LogP contribution < -0.4 is 5.32 Å². The predicted octanol–water partition coefficient (Wildman–Crippen LogP) is 3.88. The molecule has 1 heterocycles. The van der Waals surface area contributed by atoms with Crippen LogP contribution in [0.15, 0.2) is 35.9 Å². The van der Waals surface area contributed by atoms with Crippen molar-refractivity contribution in [1.82, 2.24) is 9.88 Å². The molecule has 1 saturated carbocycles. The highest BCUT2D eigenvalue weighted by atomic mass is 127. The number of amides is 1. The van der Waals surface area contributed by atoms with Gasteiger partial charge in [-0.05, 0) is 91.3 Å². The van der Waals surface area contributed by atoms with Gasteiger partial charge in [0.15, 0.2) is 0 Å². The van der Waals surface area contributed by atoms with Gasteiger partial charge in [0.1, 0.15) is 11.6 Å². The summed E-state index contributed by atoms with van der Waals surface area (Å²) in [5.74, 6) is -0.279. The second-order valence-electron chi connectivity index (χ2n) is 6.06. The Morgan fingerprint density at radius 2 is 2.00 bits per heavy atom. The maximum Gasteiger partial charge on any atom is 0.262 e. The lowest BCUT2D eigenvalue weighted by Crippen LogP contribution is -2.26. The molecule has 1 N–H and O–H groups in total. The molecule has 4 nitrogen and oxygen atoms in total. The van der Waals surface area contributed by atoms with E-state index in [9.17, 15) is 10.1 Å². The Bertz CT molecular complexity index is 852. The van der Waals surface area contributed by atoms with Gasteiger partial charge in [0.2, 0.25) is 0 Å². The first-order valence-corrected chi connectivity index (χ1v) is 8.95. The molecule has 1 aromatic heterocycles. The highest BCUT2D eigenvalue weighted by Gasteiger charge is 2.25. The molecule has 122 valence electrons. The van der Waals surface area contributed by atoms with Crippen molar-refractivity contribution in [3.63, 3.8) is 0 Å². The summed E-state index contributed by atoms with van der Waals surface area (Å²) in [6, 6.07) is 12.5. The molecule has 0 aliphatic heterocycles. The molecule has 2 aromatic rings. The third-order valence-corrected chi connectivity index (χ3v) is 4.85. The van der Waals surface area contributed by atoms with Crippen molar-refractivity contribution in [3.05, 3.63) is 56.4 Å². The van der Waals surface area contributed by atoms with E-state index < -0.39 is 0 Å². The topological polar surface area (TPSA) is 57.8 Å². The molecule has 1 aromatic carbocycles. The summed E-state index contributed by atoms with van der Waals surface area (Å²) >= 11 is 2.28. The largest absolute Gasteiger partial charge is 0.349 e. The van der Waals surface area contributed by atoms with E-state index in [4.69, 9.17) is 0 Å². The fourth-order valence-corrected chi connectivity index (χ4v) is 3.08. The van der Waals surface area contributed by atoms with Crippen LogP contribution in [0.2, 0.25) is 0 Å². The van der Waals surface area contributed by atoms with Crippen LogP contribution in [0.5, 0.6) is 0 Å². The number of carbonyl (C=O) groups excluding carboxylic acids is 1. The molecule has 5 heteroatoms. The van der Waals surface area contributed by atoms with E-state index in [1.807, 2.05) is 26.0 Å². The van der Waals surface area contributed by atoms with Crippen molar-refractivity contribution >= 4 is 34.6 Å². The van der Waals surface area contributed by atoms with Crippen LogP contribution in [-0.4, -0.2) is 16.5 Å². The number of carbonyl (C=O) groups is 1. The highest BCUT2D eigenvalue weighted by Crippen LogP contribution is 2.24. The Hall–Kier alpha value is -2.07. The summed E-state index contributed by atoms with van der Waals surface area (Å²) in [7, 11) is 0. The SMILES string of the molecule is Cc1cc(/C=C(\C#N)C(=O)NC2CC2)c(C)n1-c1ccc(I)cc1. The minimum absolute atomic E-state index is 0.157. The Kier molecular flexibility index (Phi) is 4.76. The minimum Gasteiger partial charge on any atom is -0.349 e. The molecule has 1 fully saturated rings. The molecule has 24 heavy (non-hydrogen) atoms. The zero-order valence-electron chi connectivity index (χ0n) is 13.6. The summed E-state index contributed by atoms with van der Waals surface area (Å²) in [4.78, 5) is 12.1. The quantitative estimate of drug-likeness (QED) is 0.454. The molecule has 1 aliphatic carbocycles. The van der Waals surface area contributed by atoms with E-state index in [1.54, 1.807) is 6.08 Å². The number of hydrogen-bond donors (Lipinski definition) is 1. The smallest absolute Gasteiger partial charge is 0.262 e. The molecule has 0 bridgehead atoms. The first-order chi connectivity index (χ1) is 11.5. The van der Waals surface area contributed by atoms with Gasteiger partial charge in [-0.3, -0.25) is 4.79 Å². The van der Waals surface area contributed by atoms with Gasteiger partial charge in [0, 0.05) is 26.7 Å². The van der Waals surface area contributed by atoms with E-state index in [0.717, 1.165) is 35.5 Å². The molecule has 1 amide bonds. The van der Waals surface area contributed by atoms with Crippen LogP contribution in [0.4, 0.5) is 0 Å². The van der Waals surface area contributed by atoms with Crippen molar-refractivity contribution in [2.75, 3.05) is 0 Å². The molecule has 0 radical (unpaired) electrons. The van der Waals surface area contributed by atoms with Gasteiger partial charge >= 0.3 is 0 Å². The third-order valence-electron chi connectivity index (χ3n) is 4.13. The number of nitrogens with one attached hydrogen (secondary N) is 1. The van der Waals surface area contributed by atoms with Crippen LogP contribution in [0.1, 0.15) is 29.8 Å².